The third-order valence-corrected chi connectivity index (χ3v) is 12.8. The molecule has 0 fully saturated rings. The molecule has 0 unspecified atom stereocenters. The molecule has 0 N–H and O–H groups in total. The van der Waals surface area contributed by atoms with Crippen LogP contribution in [0.25, 0.3) is 55.0 Å². The lowest BCUT2D eigenvalue weighted by molar-refractivity contribution is 0.647. The number of rotatable bonds is 2. The second-order valence-electron chi connectivity index (χ2n) is 16.0. The van der Waals surface area contributed by atoms with E-state index < -0.39 is 0 Å². The first-order valence-corrected chi connectivity index (χ1v) is 19.5. The summed E-state index contributed by atoms with van der Waals surface area (Å²) in [5.74, 6) is 0. The van der Waals surface area contributed by atoms with Crippen molar-refractivity contribution in [3.63, 3.8) is 0 Å². The number of furan rings is 2. The van der Waals surface area contributed by atoms with Gasteiger partial charge in [-0.25, -0.2) is 0 Å². The Labute approximate surface area is 323 Å². The molecule has 56 heavy (non-hydrogen) atoms. The molecule has 262 valence electrons. The Bertz CT molecular complexity index is 3330. The first-order valence-electron chi connectivity index (χ1n) is 19.5. The van der Waals surface area contributed by atoms with Crippen LogP contribution >= 0.6 is 0 Å². The van der Waals surface area contributed by atoms with E-state index in [1.807, 2.05) is 12.1 Å². The predicted octanol–water partition coefficient (Wildman–Crippen LogP) is 11.9. The minimum atomic E-state index is -0.108. The number of anilines is 6. The van der Waals surface area contributed by atoms with Crippen molar-refractivity contribution in [1.82, 2.24) is 0 Å². The summed E-state index contributed by atoms with van der Waals surface area (Å²) in [6.45, 7) is 4.71. The molecule has 10 aromatic rings. The Morgan fingerprint density at radius 2 is 1.05 bits per heavy atom. The average Bonchev–Trinajstić information content (AvgIpc) is 3.87. The zero-order valence-corrected chi connectivity index (χ0v) is 30.9. The lowest BCUT2D eigenvalue weighted by Crippen LogP contribution is -2.61. The number of nitrogens with zero attached hydrogens (tertiary/aromatic N) is 2. The molecule has 2 aromatic heterocycles. The molecule has 4 heterocycles. The van der Waals surface area contributed by atoms with Gasteiger partial charge in [0.25, 0.3) is 6.71 Å². The number of hydrogen-bond acceptors (Lipinski definition) is 4. The Hall–Kier alpha value is -6.98. The van der Waals surface area contributed by atoms with Gasteiger partial charge >= 0.3 is 0 Å². The van der Waals surface area contributed by atoms with Gasteiger partial charge in [-0.05, 0) is 105 Å². The summed E-state index contributed by atoms with van der Waals surface area (Å²) < 4.78 is 13.3. The van der Waals surface area contributed by atoms with Gasteiger partial charge < -0.3 is 18.6 Å². The third-order valence-electron chi connectivity index (χ3n) is 12.8. The summed E-state index contributed by atoms with van der Waals surface area (Å²) >= 11 is 0. The summed E-state index contributed by atoms with van der Waals surface area (Å²) in [5.41, 5.74) is 19.5. The van der Waals surface area contributed by atoms with Gasteiger partial charge in [0.2, 0.25) is 0 Å². The number of para-hydroxylation sites is 4. The van der Waals surface area contributed by atoms with Crippen LogP contribution in [0.5, 0.6) is 0 Å². The van der Waals surface area contributed by atoms with Crippen LogP contribution in [0.3, 0.4) is 0 Å². The van der Waals surface area contributed by atoms with Gasteiger partial charge in [0, 0.05) is 55.4 Å². The zero-order chi connectivity index (χ0) is 36.9. The van der Waals surface area contributed by atoms with Crippen LogP contribution in [0.2, 0.25) is 0 Å². The van der Waals surface area contributed by atoms with Crippen LogP contribution in [-0.2, 0) is 5.41 Å². The van der Waals surface area contributed by atoms with Gasteiger partial charge in [-0.15, -0.1) is 0 Å². The van der Waals surface area contributed by atoms with E-state index in [0.717, 1.165) is 60.9 Å². The summed E-state index contributed by atoms with van der Waals surface area (Å²) in [4.78, 5) is 4.89. The Morgan fingerprint density at radius 1 is 0.429 bits per heavy atom. The van der Waals surface area contributed by atoms with Gasteiger partial charge in [0.15, 0.2) is 5.58 Å². The molecule has 4 nitrogen and oxygen atoms in total. The zero-order valence-electron chi connectivity index (χ0n) is 30.9. The fourth-order valence-corrected chi connectivity index (χ4v) is 10.4. The van der Waals surface area contributed by atoms with Crippen LogP contribution in [-0.4, -0.2) is 6.71 Å². The first kappa shape index (κ1) is 30.4. The fourth-order valence-electron chi connectivity index (χ4n) is 10.4. The highest BCUT2D eigenvalue weighted by atomic mass is 16.3. The molecule has 0 saturated carbocycles. The monoisotopic (exact) mass is 716 g/mol. The minimum Gasteiger partial charge on any atom is -0.456 e. The van der Waals surface area contributed by atoms with Crippen molar-refractivity contribution in [3.05, 3.63) is 175 Å². The number of fused-ring (bicyclic) bond motifs is 13. The summed E-state index contributed by atoms with van der Waals surface area (Å²) in [5, 5.41) is 4.51. The van der Waals surface area contributed by atoms with Gasteiger partial charge in [-0.3, -0.25) is 0 Å². The van der Waals surface area contributed by atoms with Crippen molar-refractivity contribution in [3.8, 4) is 11.1 Å². The standard InChI is InChI=1S/C51H33BN2O2/c1-51(2)37-16-5-3-13-31(37)34-28-36-33-15-11-23-45(50(33)56-48(36)29-38(34)51)54-42-20-9-7-18-40(42)52-39-17-6-8-19-41(39)53(43-21-12-22-44(54)49(43)52)30-25-26-47-35(27-30)32-14-4-10-24-46(32)55-47/h3-29H,1-2H3. The number of benzene rings is 8. The summed E-state index contributed by atoms with van der Waals surface area (Å²) in [6.07, 6.45) is 0. The van der Waals surface area contributed by atoms with Crippen molar-refractivity contribution in [2.45, 2.75) is 19.3 Å². The lowest BCUT2D eigenvalue weighted by atomic mass is 9.33. The van der Waals surface area contributed by atoms with Crippen LogP contribution in [0.1, 0.15) is 25.0 Å². The molecular weight excluding hydrogens is 683 g/mol. The first-order chi connectivity index (χ1) is 27.5. The van der Waals surface area contributed by atoms with Crippen molar-refractivity contribution in [1.29, 1.82) is 0 Å². The second-order valence-corrected chi connectivity index (χ2v) is 16.0. The van der Waals surface area contributed by atoms with Crippen molar-refractivity contribution in [2.75, 3.05) is 9.80 Å². The summed E-state index contributed by atoms with van der Waals surface area (Å²) in [6, 6.07) is 59.7. The van der Waals surface area contributed by atoms with E-state index in [1.165, 1.54) is 55.7 Å². The molecule has 0 amide bonds. The Kier molecular flexibility index (Phi) is 5.76. The molecule has 2 aliphatic heterocycles. The molecular formula is C51H33BN2O2. The largest absolute Gasteiger partial charge is 0.456 e. The van der Waals surface area contributed by atoms with Crippen molar-refractivity contribution in [2.24, 2.45) is 0 Å². The summed E-state index contributed by atoms with van der Waals surface area (Å²) in [7, 11) is 0. The molecule has 0 atom stereocenters. The van der Waals surface area contributed by atoms with Crippen molar-refractivity contribution < 1.29 is 8.83 Å². The molecule has 0 spiro atoms. The van der Waals surface area contributed by atoms with Crippen molar-refractivity contribution >= 4 is 101 Å². The van der Waals surface area contributed by atoms with E-state index in [-0.39, 0.29) is 12.1 Å². The molecule has 1 aliphatic carbocycles. The van der Waals surface area contributed by atoms with Crippen LogP contribution in [0.15, 0.2) is 173 Å². The highest BCUT2D eigenvalue weighted by Crippen LogP contribution is 2.52. The van der Waals surface area contributed by atoms with Gasteiger partial charge in [0.05, 0.1) is 5.69 Å². The van der Waals surface area contributed by atoms with Gasteiger partial charge in [-0.1, -0.05) is 111 Å². The second kappa shape index (κ2) is 10.6. The quantitative estimate of drug-likeness (QED) is 0.167. The molecule has 0 bridgehead atoms. The van der Waals surface area contributed by atoms with E-state index in [4.69, 9.17) is 8.83 Å². The average molecular weight is 717 g/mol. The maximum absolute atomic E-state index is 7.04. The molecule has 0 radical (unpaired) electrons. The van der Waals surface area contributed by atoms with Crippen LogP contribution < -0.4 is 26.2 Å². The fraction of sp³-hybridized carbons (Fsp3) is 0.0588. The lowest BCUT2D eigenvalue weighted by Gasteiger charge is -2.43. The molecule has 0 saturated heterocycles. The SMILES string of the molecule is CC1(C)c2ccccc2-c2cc3c(cc21)oc1c(N2c4ccccc4B4c5ccccc5N(c5ccc6oc7ccccc7c6c5)c5cccc2c54)cccc13. The maximum Gasteiger partial charge on any atom is 0.252 e. The van der Waals surface area contributed by atoms with E-state index >= 15 is 0 Å². The van der Waals surface area contributed by atoms with Gasteiger partial charge in [-0.2, -0.15) is 0 Å². The highest BCUT2D eigenvalue weighted by molar-refractivity contribution is 7.00. The predicted molar refractivity (Wildman–Crippen MR) is 233 cm³/mol. The molecule has 3 aliphatic rings. The highest BCUT2D eigenvalue weighted by Gasteiger charge is 2.43. The Balaban J connectivity index is 1.05. The van der Waals surface area contributed by atoms with Gasteiger partial charge in [0.1, 0.15) is 16.7 Å². The Morgan fingerprint density at radius 3 is 1.91 bits per heavy atom. The minimum absolute atomic E-state index is 0.0553. The van der Waals surface area contributed by atoms with Crippen LogP contribution in [0.4, 0.5) is 34.1 Å². The topological polar surface area (TPSA) is 32.8 Å². The van der Waals surface area contributed by atoms with E-state index in [9.17, 15) is 0 Å². The van der Waals surface area contributed by atoms with E-state index in [0.29, 0.717) is 0 Å². The third kappa shape index (κ3) is 3.79. The van der Waals surface area contributed by atoms with Crippen LogP contribution in [0, 0.1) is 0 Å². The molecule has 13 rings (SSSR count). The smallest absolute Gasteiger partial charge is 0.252 e. The normalized spacial score (nSPS) is 14.6. The van der Waals surface area contributed by atoms with E-state index in [2.05, 4.69) is 175 Å². The van der Waals surface area contributed by atoms with E-state index in [1.54, 1.807) is 0 Å². The molecule has 8 aromatic carbocycles. The maximum atomic E-state index is 7.04. The molecule has 5 heteroatoms. The number of hydrogen-bond donors (Lipinski definition) is 0.